The molecule has 0 fully saturated rings. The number of anilines is 1. The molecule has 0 spiro atoms. The van der Waals surface area contributed by atoms with Gasteiger partial charge < -0.3 is 9.64 Å². The summed E-state index contributed by atoms with van der Waals surface area (Å²) in [5.41, 5.74) is 0. The van der Waals surface area contributed by atoms with Crippen molar-refractivity contribution < 1.29 is 4.74 Å². The molecule has 0 bridgehead atoms. The van der Waals surface area contributed by atoms with E-state index in [9.17, 15) is 0 Å². The summed E-state index contributed by atoms with van der Waals surface area (Å²) in [6.07, 6.45) is 0. The van der Waals surface area contributed by atoms with E-state index < -0.39 is 0 Å². The Morgan fingerprint density at radius 1 is 1.16 bits per heavy atom. The third-order valence-electron chi connectivity index (χ3n) is 3.01. The molecule has 0 radical (unpaired) electrons. The largest absolute Gasteiger partial charge is 0.380 e. The molecular formula is C14H18ClN3O. The van der Waals surface area contributed by atoms with Gasteiger partial charge >= 0.3 is 0 Å². The Morgan fingerprint density at radius 3 is 2.58 bits per heavy atom. The second-order valence-corrected chi connectivity index (χ2v) is 4.49. The average Bonchev–Trinajstić information content (AvgIpc) is 2.45. The van der Waals surface area contributed by atoms with Crippen LogP contribution in [0, 0.1) is 0 Å². The van der Waals surface area contributed by atoms with Crippen molar-refractivity contribution >= 4 is 28.2 Å². The van der Waals surface area contributed by atoms with Gasteiger partial charge in [-0.1, -0.05) is 35.9 Å². The maximum Gasteiger partial charge on any atom is 0.159 e. The minimum absolute atomic E-state index is 0.445. The zero-order valence-corrected chi connectivity index (χ0v) is 12.0. The zero-order chi connectivity index (χ0) is 13.7. The van der Waals surface area contributed by atoms with Crippen LogP contribution in [-0.4, -0.2) is 36.5 Å². The fraction of sp³-hybridized carbons (Fsp3) is 0.429. The van der Waals surface area contributed by atoms with Gasteiger partial charge in [0.15, 0.2) is 11.0 Å². The molecular weight excluding hydrogens is 262 g/mol. The van der Waals surface area contributed by atoms with Crippen molar-refractivity contribution in [2.45, 2.75) is 13.8 Å². The lowest BCUT2D eigenvalue weighted by Crippen LogP contribution is -2.28. The Kier molecular flexibility index (Phi) is 4.93. The molecule has 0 aliphatic rings. The van der Waals surface area contributed by atoms with E-state index >= 15 is 0 Å². The summed E-state index contributed by atoms with van der Waals surface area (Å²) in [6, 6.07) is 7.93. The number of halogens is 1. The molecule has 5 heteroatoms. The van der Waals surface area contributed by atoms with E-state index in [-0.39, 0.29) is 0 Å². The topological polar surface area (TPSA) is 38.2 Å². The molecule has 0 saturated carbocycles. The number of rotatable bonds is 6. The van der Waals surface area contributed by atoms with E-state index in [1.54, 1.807) is 0 Å². The maximum atomic E-state index is 6.09. The number of hydrogen-bond donors (Lipinski definition) is 0. The van der Waals surface area contributed by atoms with Gasteiger partial charge in [-0.2, -0.15) is 0 Å². The first-order valence-electron chi connectivity index (χ1n) is 6.51. The number of likely N-dealkylation sites (N-methyl/N-ethyl adjacent to an activating group) is 1. The van der Waals surface area contributed by atoms with Crippen LogP contribution < -0.4 is 4.90 Å². The highest BCUT2D eigenvalue weighted by molar-refractivity contribution is 6.34. The van der Waals surface area contributed by atoms with Gasteiger partial charge in [0.2, 0.25) is 0 Å². The van der Waals surface area contributed by atoms with E-state index in [1.165, 1.54) is 0 Å². The van der Waals surface area contributed by atoms with Gasteiger partial charge in [0.1, 0.15) is 0 Å². The van der Waals surface area contributed by atoms with Crippen LogP contribution in [0.1, 0.15) is 13.8 Å². The zero-order valence-electron chi connectivity index (χ0n) is 11.3. The summed E-state index contributed by atoms with van der Waals surface area (Å²) < 4.78 is 5.41. The molecule has 19 heavy (non-hydrogen) atoms. The van der Waals surface area contributed by atoms with Crippen molar-refractivity contribution in [3.05, 3.63) is 29.4 Å². The molecule has 102 valence electrons. The van der Waals surface area contributed by atoms with Crippen LogP contribution in [0.15, 0.2) is 24.3 Å². The van der Waals surface area contributed by atoms with E-state index in [0.717, 1.165) is 36.3 Å². The normalized spacial score (nSPS) is 10.9. The number of benzene rings is 1. The Labute approximate surface area is 118 Å². The van der Waals surface area contributed by atoms with E-state index in [4.69, 9.17) is 16.3 Å². The monoisotopic (exact) mass is 279 g/mol. The fourth-order valence-electron chi connectivity index (χ4n) is 2.02. The van der Waals surface area contributed by atoms with E-state index in [0.29, 0.717) is 11.8 Å². The number of aromatic nitrogens is 2. The van der Waals surface area contributed by atoms with Gasteiger partial charge in [-0.15, -0.1) is 10.2 Å². The van der Waals surface area contributed by atoms with Gasteiger partial charge in [0.05, 0.1) is 6.61 Å². The highest BCUT2D eigenvalue weighted by Crippen LogP contribution is 2.27. The van der Waals surface area contributed by atoms with Crippen LogP contribution >= 0.6 is 11.6 Å². The second kappa shape index (κ2) is 6.68. The van der Waals surface area contributed by atoms with Crippen molar-refractivity contribution in [3.8, 4) is 0 Å². The predicted octanol–water partition coefficient (Wildman–Crippen LogP) is 3.15. The quantitative estimate of drug-likeness (QED) is 0.762. The molecule has 0 atom stereocenters. The summed E-state index contributed by atoms with van der Waals surface area (Å²) in [5.74, 6) is 0.863. The molecule has 0 aliphatic heterocycles. The third-order valence-corrected chi connectivity index (χ3v) is 3.29. The van der Waals surface area contributed by atoms with Crippen molar-refractivity contribution in [1.29, 1.82) is 0 Å². The first-order chi connectivity index (χ1) is 9.27. The summed E-state index contributed by atoms with van der Waals surface area (Å²) in [6.45, 7) is 7.15. The Balaban J connectivity index is 2.34. The van der Waals surface area contributed by atoms with Crippen LogP contribution in [0.3, 0.4) is 0 Å². The third kappa shape index (κ3) is 3.14. The van der Waals surface area contributed by atoms with Gasteiger partial charge in [-0.3, -0.25) is 0 Å². The summed E-state index contributed by atoms with van der Waals surface area (Å²) in [7, 11) is 0. The SMILES string of the molecule is CCOCCN(CC)c1nnc(Cl)c2ccccc12. The second-order valence-electron chi connectivity index (χ2n) is 4.14. The lowest BCUT2D eigenvalue weighted by Gasteiger charge is -2.22. The van der Waals surface area contributed by atoms with Gasteiger partial charge in [-0.25, -0.2) is 0 Å². The van der Waals surface area contributed by atoms with Gasteiger partial charge in [-0.05, 0) is 13.8 Å². The maximum absolute atomic E-state index is 6.09. The lowest BCUT2D eigenvalue weighted by atomic mass is 10.2. The highest BCUT2D eigenvalue weighted by Gasteiger charge is 2.12. The van der Waals surface area contributed by atoms with Crippen molar-refractivity contribution in [2.75, 3.05) is 31.2 Å². The molecule has 0 aliphatic carbocycles. The minimum atomic E-state index is 0.445. The molecule has 1 aromatic carbocycles. The molecule has 0 amide bonds. The molecule has 0 saturated heterocycles. The summed E-state index contributed by atoms with van der Waals surface area (Å²) >= 11 is 6.09. The summed E-state index contributed by atoms with van der Waals surface area (Å²) in [4.78, 5) is 2.15. The Morgan fingerprint density at radius 2 is 1.89 bits per heavy atom. The molecule has 1 heterocycles. The van der Waals surface area contributed by atoms with Crippen molar-refractivity contribution in [3.63, 3.8) is 0 Å². The molecule has 4 nitrogen and oxygen atoms in total. The van der Waals surface area contributed by atoms with E-state index in [1.807, 2.05) is 31.2 Å². The van der Waals surface area contributed by atoms with Crippen LogP contribution in [0.2, 0.25) is 5.15 Å². The minimum Gasteiger partial charge on any atom is -0.380 e. The lowest BCUT2D eigenvalue weighted by molar-refractivity contribution is 0.154. The molecule has 1 aromatic heterocycles. The van der Waals surface area contributed by atoms with Crippen LogP contribution in [0.5, 0.6) is 0 Å². The first-order valence-corrected chi connectivity index (χ1v) is 6.89. The van der Waals surface area contributed by atoms with Crippen LogP contribution in [-0.2, 0) is 4.74 Å². The smallest absolute Gasteiger partial charge is 0.159 e. The predicted molar refractivity (Wildman–Crippen MR) is 78.9 cm³/mol. The molecule has 2 rings (SSSR count). The number of ether oxygens (including phenoxy) is 1. The van der Waals surface area contributed by atoms with Gasteiger partial charge in [0, 0.05) is 30.5 Å². The van der Waals surface area contributed by atoms with Crippen LogP contribution in [0.4, 0.5) is 5.82 Å². The highest BCUT2D eigenvalue weighted by atomic mass is 35.5. The standard InChI is InChI=1S/C14H18ClN3O/c1-3-18(9-10-19-4-2)14-12-8-6-5-7-11(12)13(15)16-17-14/h5-8H,3-4,9-10H2,1-2H3. The van der Waals surface area contributed by atoms with E-state index in [2.05, 4.69) is 22.0 Å². The molecule has 2 aromatic rings. The van der Waals surface area contributed by atoms with Crippen molar-refractivity contribution in [2.24, 2.45) is 0 Å². The number of hydrogen-bond acceptors (Lipinski definition) is 4. The average molecular weight is 280 g/mol. The molecule has 0 N–H and O–H groups in total. The fourth-order valence-corrected chi connectivity index (χ4v) is 2.23. The van der Waals surface area contributed by atoms with Crippen molar-refractivity contribution in [1.82, 2.24) is 10.2 Å². The van der Waals surface area contributed by atoms with Crippen LogP contribution in [0.25, 0.3) is 10.8 Å². The number of fused-ring (bicyclic) bond motifs is 1. The first kappa shape index (κ1) is 14.0. The molecule has 0 unspecified atom stereocenters. The van der Waals surface area contributed by atoms with Gasteiger partial charge in [0.25, 0.3) is 0 Å². The Bertz CT molecular complexity index is 547. The summed E-state index contributed by atoms with van der Waals surface area (Å²) in [5, 5.41) is 10.7. The Hall–Kier alpha value is -1.39. The number of nitrogens with zero attached hydrogens (tertiary/aromatic N) is 3.